The number of hydrogen-bond donors (Lipinski definition) is 7. The fourth-order valence-electron chi connectivity index (χ4n) is 3.15. The number of amides is 3. The number of aliphatic carboxylic acids is 2. The highest BCUT2D eigenvalue weighted by Gasteiger charge is 2.32. The molecule has 35 heavy (non-hydrogen) atoms. The van der Waals surface area contributed by atoms with Gasteiger partial charge in [0, 0.05) is 18.6 Å². The molecule has 5 unspecified atom stereocenters. The monoisotopic (exact) mass is 510 g/mol. The van der Waals surface area contributed by atoms with Gasteiger partial charge in [-0.05, 0) is 17.9 Å². The van der Waals surface area contributed by atoms with Crippen molar-refractivity contribution in [2.45, 2.75) is 63.7 Å². The van der Waals surface area contributed by atoms with Crippen LogP contribution in [0.2, 0.25) is 0 Å². The third-order valence-corrected chi connectivity index (χ3v) is 5.88. The lowest BCUT2D eigenvalue weighted by atomic mass is 9.96. The molecule has 0 bridgehead atoms. The first-order valence-electron chi connectivity index (χ1n) is 11.3. The predicted octanol–water partition coefficient (Wildman–Crippen LogP) is -0.0639. The zero-order valence-corrected chi connectivity index (χ0v) is 20.7. The zero-order valence-electron chi connectivity index (χ0n) is 19.8. The van der Waals surface area contributed by atoms with Crippen LogP contribution >= 0.6 is 12.6 Å². The van der Waals surface area contributed by atoms with E-state index in [1.807, 2.05) is 6.92 Å². The van der Waals surface area contributed by atoms with Gasteiger partial charge in [-0.3, -0.25) is 19.2 Å². The summed E-state index contributed by atoms with van der Waals surface area (Å²) in [6.45, 7) is 3.56. The lowest BCUT2D eigenvalue weighted by molar-refractivity contribution is -0.141. The molecule has 0 aliphatic carbocycles. The van der Waals surface area contributed by atoms with Crippen LogP contribution < -0.4 is 21.7 Å². The maximum atomic E-state index is 13.2. The molecule has 3 amide bonds. The van der Waals surface area contributed by atoms with E-state index >= 15 is 0 Å². The number of carbonyl (C=O) groups is 5. The van der Waals surface area contributed by atoms with Gasteiger partial charge in [0.15, 0.2) is 0 Å². The van der Waals surface area contributed by atoms with Gasteiger partial charge in [-0.15, -0.1) is 0 Å². The fourth-order valence-corrected chi connectivity index (χ4v) is 3.40. The van der Waals surface area contributed by atoms with E-state index in [1.54, 1.807) is 37.3 Å². The van der Waals surface area contributed by atoms with Crippen LogP contribution in [0, 0.1) is 5.92 Å². The third kappa shape index (κ3) is 10.4. The molecule has 0 fully saturated rings. The second-order valence-corrected chi connectivity index (χ2v) is 8.61. The molecule has 0 radical (unpaired) electrons. The molecule has 7 N–H and O–H groups in total. The Morgan fingerprint density at radius 1 is 0.943 bits per heavy atom. The molecular formula is C23H34N4O7S. The van der Waals surface area contributed by atoms with Crippen molar-refractivity contribution in [1.82, 2.24) is 16.0 Å². The minimum absolute atomic E-state index is 0.0800. The Kier molecular flexibility index (Phi) is 12.8. The summed E-state index contributed by atoms with van der Waals surface area (Å²) in [4.78, 5) is 60.7. The van der Waals surface area contributed by atoms with Crippen LogP contribution in [-0.2, 0) is 30.4 Å². The predicted molar refractivity (Wildman–Crippen MR) is 132 cm³/mol. The van der Waals surface area contributed by atoms with Gasteiger partial charge in [0.25, 0.3) is 0 Å². The van der Waals surface area contributed by atoms with Crippen LogP contribution in [0.1, 0.15) is 38.7 Å². The summed E-state index contributed by atoms with van der Waals surface area (Å²) in [5, 5.41) is 25.6. The van der Waals surface area contributed by atoms with Crippen molar-refractivity contribution >= 4 is 42.3 Å². The molecule has 0 aliphatic rings. The maximum Gasteiger partial charge on any atom is 0.327 e. The molecule has 11 nitrogen and oxygen atoms in total. The number of carbonyl (C=O) groups excluding carboxylic acids is 3. The Morgan fingerprint density at radius 3 is 2.06 bits per heavy atom. The number of carboxylic acid groups (broad SMARTS) is 2. The Balaban J connectivity index is 3.07. The van der Waals surface area contributed by atoms with Gasteiger partial charge < -0.3 is 31.9 Å². The van der Waals surface area contributed by atoms with Crippen molar-refractivity contribution in [2.75, 3.05) is 5.75 Å². The molecule has 0 spiro atoms. The van der Waals surface area contributed by atoms with E-state index in [9.17, 15) is 29.1 Å². The van der Waals surface area contributed by atoms with Crippen molar-refractivity contribution in [3.05, 3.63) is 35.9 Å². The van der Waals surface area contributed by atoms with E-state index in [-0.39, 0.29) is 30.9 Å². The number of carboxylic acids is 2. The normalized spacial score (nSPS) is 15.1. The Labute approximate surface area is 209 Å². The summed E-state index contributed by atoms with van der Waals surface area (Å²) < 4.78 is 0. The molecule has 0 aromatic heterocycles. The summed E-state index contributed by atoms with van der Waals surface area (Å²) in [6.07, 6.45) is 0.189. The number of rotatable bonds is 15. The Morgan fingerprint density at radius 2 is 1.54 bits per heavy atom. The van der Waals surface area contributed by atoms with Gasteiger partial charge in [0.05, 0.1) is 6.04 Å². The second-order valence-electron chi connectivity index (χ2n) is 8.24. The SMILES string of the molecule is CCC(C)C(NC(=O)C(N)CCC(=O)O)C(=O)NC(Cc1ccccc1)C(=O)NC(CS)C(=O)O. The molecule has 12 heteroatoms. The Hall–Kier alpha value is -3.12. The van der Waals surface area contributed by atoms with Gasteiger partial charge in [0.1, 0.15) is 18.1 Å². The smallest absolute Gasteiger partial charge is 0.327 e. The van der Waals surface area contributed by atoms with Crippen molar-refractivity contribution in [3.8, 4) is 0 Å². The number of nitrogens with two attached hydrogens (primary N) is 1. The summed E-state index contributed by atoms with van der Waals surface area (Å²) in [6, 6.07) is 4.29. The standard InChI is InChI=1S/C23H34N4O7S/c1-3-13(2)19(27-20(30)15(24)9-10-18(28)29)22(32)25-16(11-14-7-5-4-6-8-14)21(31)26-17(12-35)23(33)34/h4-8,13,15-17,19,35H,3,9-12,24H2,1-2H3,(H,25,32)(H,26,31)(H,27,30)(H,28,29)(H,33,34). The molecule has 194 valence electrons. The minimum atomic E-state index is -1.27. The van der Waals surface area contributed by atoms with Crippen molar-refractivity contribution in [1.29, 1.82) is 0 Å². The highest BCUT2D eigenvalue weighted by molar-refractivity contribution is 7.80. The van der Waals surface area contributed by atoms with Crippen LogP contribution in [-0.4, -0.2) is 69.8 Å². The van der Waals surface area contributed by atoms with Crippen LogP contribution in [0.25, 0.3) is 0 Å². The van der Waals surface area contributed by atoms with Gasteiger partial charge in [-0.25, -0.2) is 4.79 Å². The molecule has 0 saturated carbocycles. The second kappa shape index (κ2) is 15.0. The number of nitrogens with one attached hydrogen (secondary N) is 3. The van der Waals surface area contributed by atoms with Crippen LogP contribution in [0.3, 0.4) is 0 Å². The largest absolute Gasteiger partial charge is 0.481 e. The van der Waals surface area contributed by atoms with Crippen LogP contribution in [0.15, 0.2) is 30.3 Å². The first-order chi connectivity index (χ1) is 16.5. The zero-order chi connectivity index (χ0) is 26.5. The van der Waals surface area contributed by atoms with E-state index in [4.69, 9.17) is 10.8 Å². The number of hydrogen-bond acceptors (Lipinski definition) is 7. The van der Waals surface area contributed by atoms with E-state index < -0.39 is 53.8 Å². The molecule has 1 aromatic rings. The molecular weight excluding hydrogens is 476 g/mol. The summed E-state index contributed by atoms with van der Waals surface area (Å²) >= 11 is 3.95. The highest BCUT2D eigenvalue weighted by atomic mass is 32.1. The molecule has 5 atom stereocenters. The lowest BCUT2D eigenvalue weighted by Gasteiger charge is -2.28. The van der Waals surface area contributed by atoms with E-state index in [2.05, 4.69) is 28.6 Å². The average Bonchev–Trinajstić information content (AvgIpc) is 2.83. The molecule has 0 saturated heterocycles. The summed E-state index contributed by atoms with van der Waals surface area (Å²) in [5.74, 6) is -4.89. The number of benzene rings is 1. The van der Waals surface area contributed by atoms with Crippen LogP contribution in [0.4, 0.5) is 0 Å². The first-order valence-corrected chi connectivity index (χ1v) is 11.9. The third-order valence-electron chi connectivity index (χ3n) is 5.51. The quantitative estimate of drug-likeness (QED) is 0.160. The highest BCUT2D eigenvalue weighted by Crippen LogP contribution is 2.11. The van der Waals surface area contributed by atoms with E-state index in [0.717, 1.165) is 5.56 Å². The van der Waals surface area contributed by atoms with Gasteiger partial charge in [-0.2, -0.15) is 12.6 Å². The average molecular weight is 511 g/mol. The fraction of sp³-hybridized carbons (Fsp3) is 0.522. The topological polar surface area (TPSA) is 188 Å². The lowest BCUT2D eigenvalue weighted by Crippen LogP contribution is -2.59. The first kappa shape index (κ1) is 29.9. The van der Waals surface area contributed by atoms with Gasteiger partial charge in [0.2, 0.25) is 17.7 Å². The van der Waals surface area contributed by atoms with Crippen LogP contribution in [0.5, 0.6) is 0 Å². The Bertz CT molecular complexity index is 884. The summed E-state index contributed by atoms with van der Waals surface area (Å²) in [5.41, 5.74) is 6.50. The van der Waals surface area contributed by atoms with Gasteiger partial charge >= 0.3 is 11.9 Å². The van der Waals surface area contributed by atoms with Crippen molar-refractivity contribution < 1.29 is 34.2 Å². The summed E-state index contributed by atoms with van der Waals surface area (Å²) in [7, 11) is 0. The molecule has 0 aliphatic heterocycles. The molecule has 1 rings (SSSR count). The molecule has 0 heterocycles. The number of thiol groups is 1. The van der Waals surface area contributed by atoms with Crippen molar-refractivity contribution in [2.24, 2.45) is 11.7 Å². The maximum absolute atomic E-state index is 13.2. The molecule has 1 aromatic carbocycles. The minimum Gasteiger partial charge on any atom is -0.481 e. The van der Waals surface area contributed by atoms with Crippen molar-refractivity contribution in [3.63, 3.8) is 0 Å². The van der Waals surface area contributed by atoms with Gasteiger partial charge in [-0.1, -0.05) is 50.6 Å². The van der Waals surface area contributed by atoms with E-state index in [1.165, 1.54) is 0 Å². The van der Waals surface area contributed by atoms with E-state index in [0.29, 0.717) is 6.42 Å².